The van der Waals surface area contributed by atoms with Crippen LogP contribution in [0.4, 0.5) is 5.69 Å². The number of hydrogen-bond acceptors (Lipinski definition) is 4. The van der Waals surface area contributed by atoms with Gasteiger partial charge in [-0.15, -0.1) is 0 Å². The Bertz CT molecular complexity index is 632. The van der Waals surface area contributed by atoms with Gasteiger partial charge in [0.25, 0.3) is 5.69 Å². The predicted octanol–water partition coefficient (Wildman–Crippen LogP) is 2.81. The molecule has 1 saturated heterocycles. The number of nitrogens with zero attached hydrogens (tertiary/aromatic N) is 2. The lowest BCUT2D eigenvalue weighted by molar-refractivity contribution is -0.384. The third kappa shape index (κ3) is 2.65. The zero-order valence-electron chi connectivity index (χ0n) is 11.0. The van der Waals surface area contributed by atoms with Crippen LogP contribution >= 0.6 is 11.6 Å². The van der Waals surface area contributed by atoms with Gasteiger partial charge in [0.2, 0.25) is 10.0 Å². The summed E-state index contributed by atoms with van der Waals surface area (Å²) in [4.78, 5) is 10.1. The molecule has 1 aliphatic heterocycles. The molecule has 1 aromatic carbocycles. The van der Waals surface area contributed by atoms with Gasteiger partial charge in [0.15, 0.2) is 0 Å². The summed E-state index contributed by atoms with van der Waals surface area (Å²) < 4.78 is 26.5. The van der Waals surface area contributed by atoms with Crippen LogP contribution in [0.15, 0.2) is 23.1 Å². The van der Waals surface area contributed by atoms with Crippen LogP contribution in [0.5, 0.6) is 0 Å². The molecule has 0 aliphatic carbocycles. The molecule has 1 heterocycles. The van der Waals surface area contributed by atoms with Crippen molar-refractivity contribution in [3.63, 3.8) is 0 Å². The minimum atomic E-state index is -3.70. The second kappa shape index (κ2) is 5.67. The van der Waals surface area contributed by atoms with Crippen LogP contribution in [0, 0.1) is 10.1 Å². The van der Waals surface area contributed by atoms with Crippen LogP contribution in [0.2, 0.25) is 5.02 Å². The van der Waals surface area contributed by atoms with E-state index >= 15 is 0 Å². The van der Waals surface area contributed by atoms with Crippen LogP contribution < -0.4 is 0 Å². The van der Waals surface area contributed by atoms with Crippen molar-refractivity contribution in [2.45, 2.75) is 37.1 Å². The molecule has 0 amide bonds. The molecule has 0 bridgehead atoms. The van der Waals surface area contributed by atoms with Crippen LogP contribution in [-0.4, -0.2) is 30.2 Å². The van der Waals surface area contributed by atoms with Gasteiger partial charge in [-0.05, 0) is 31.4 Å². The fraction of sp³-hybridized carbons (Fsp3) is 0.500. The summed E-state index contributed by atoms with van der Waals surface area (Å²) in [6.07, 6.45) is 2.37. The van der Waals surface area contributed by atoms with E-state index in [4.69, 9.17) is 11.6 Å². The quantitative estimate of drug-likeness (QED) is 0.631. The average molecular weight is 319 g/mol. The summed E-state index contributed by atoms with van der Waals surface area (Å²) in [5.41, 5.74) is -0.389. The molecule has 1 aliphatic rings. The van der Waals surface area contributed by atoms with Gasteiger partial charge >= 0.3 is 0 Å². The molecule has 110 valence electrons. The van der Waals surface area contributed by atoms with Crippen molar-refractivity contribution in [3.8, 4) is 0 Å². The van der Waals surface area contributed by atoms with E-state index in [2.05, 4.69) is 0 Å². The molecule has 8 heteroatoms. The number of benzene rings is 1. The fourth-order valence-electron chi connectivity index (χ4n) is 2.46. The van der Waals surface area contributed by atoms with Crippen LogP contribution in [0.3, 0.4) is 0 Å². The molecule has 0 saturated carbocycles. The van der Waals surface area contributed by atoms with E-state index in [1.165, 1.54) is 16.4 Å². The monoisotopic (exact) mass is 318 g/mol. The van der Waals surface area contributed by atoms with E-state index in [0.29, 0.717) is 6.54 Å². The van der Waals surface area contributed by atoms with Crippen molar-refractivity contribution in [2.24, 2.45) is 0 Å². The number of sulfonamides is 1. The average Bonchev–Trinajstić information content (AvgIpc) is 2.87. The SMILES string of the molecule is CCC1CCCN1S(=O)(=O)c1ccc(Cl)c([N+](=O)[O-])c1. The Labute approximate surface area is 122 Å². The van der Waals surface area contributed by atoms with E-state index in [1.807, 2.05) is 6.92 Å². The molecule has 2 rings (SSSR count). The zero-order chi connectivity index (χ0) is 14.9. The summed E-state index contributed by atoms with van der Waals surface area (Å²) in [6.45, 7) is 2.39. The number of rotatable bonds is 4. The second-order valence-corrected chi connectivity index (χ2v) is 6.99. The van der Waals surface area contributed by atoms with Crippen molar-refractivity contribution in [1.29, 1.82) is 0 Å². The Morgan fingerprint density at radius 1 is 1.50 bits per heavy atom. The van der Waals surface area contributed by atoms with Crippen LogP contribution in [-0.2, 0) is 10.0 Å². The van der Waals surface area contributed by atoms with E-state index in [9.17, 15) is 18.5 Å². The summed E-state index contributed by atoms with van der Waals surface area (Å²) in [5, 5.41) is 10.8. The fourth-order valence-corrected chi connectivity index (χ4v) is 4.44. The van der Waals surface area contributed by atoms with E-state index in [-0.39, 0.29) is 21.6 Å². The molecule has 0 spiro atoms. The molecule has 6 nitrogen and oxygen atoms in total. The first kappa shape index (κ1) is 15.2. The molecule has 0 radical (unpaired) electrons. The maximum Gasteiger partial charge on any atom is 0.289 e. The summed E-state index contributed by atoms with van der Waals surface area (Å²) in [7, 11) is -3.70. The Morgan fingerprint density at radius 3 is 2.80 bits per heavy atom. The summed E-state index contributed by atoms with van der Waals surface area (Å²) in [5.74, 6) is 0. The second-order valence-electron chi connectivity index (χ2n) is 4.69. The molecule has 1 fully saturated rings. The smallest absolute Gasteiger partial charge is 0.258 e. The Morgan fingerprint density at radius 2 is 2.20 bits per heavy atom. The van der Waals surface area contributed by atoms with Gasteiger partial charge in [0.1, 0.15) is 5.02 Å². The lowest BCUT2D eigenvalue weighted by Gasteiger charge is -2.22. The van der Waals surface area contributed by atoms with Gasteiger partial charge in [0, 0.05) is 18.7 Å². The zero-order valence-corrected chi connectivity index (χ0v) is 12.5. The highest BCUT2D eigenvalue weighted by Crippen LogP contribution is 2.32. The maximum atomic E-state index is 12.6. The van der Waals surface area contributed by atoms with Gasteiger partial charge in [-0.3, -0.25) is 10.1 Å². The molecule has 20 heavy (non-hydrogen) atoms. The van der Waals surface area contributed by atoms with Gasteiger partial charge in [0.05, 0.1) is 9.82 Å². The molecular weight excluding hydrogens is 304 g/mol. The van der Waals surface area contributed by atoms with Gasteiger partial charge in [-0.2, -0.15) is 4.31 Å². The van der Waals surface area contributed by atoms with Gasteiger partial charge in [-0.25, -0.2) is 8.42 Å². The van der Waals surface area contributed by atoms with Crippen molar-refractivity contribution < 1.29 is 13.3 Å². The molecule has 1 unspecified atom stereocenters. The lowest BCUT2D eigenvalue weighted by atomic mass is 10.2. The molecular formula is C12H15ClN2O4S. The van der Waals surface area contributed by atoms with Crippen molar-refractivity contribution in [3.05, 3.63) is 33.3 Å². The van der Waals surface area contributed by atoms with E-state index in [1.54, 1.807) is 0 Å². The third-order valence-corrected chi connectivity index (χ3v) is 5.78. The Hall–Kier alpha value is -1.18. The van der Waals surface area contributed by atoms with Crippen molar-refractivity contribution >= 4 is 27.3 Å². The summed E-state index contributed by atoms with van der Waals surface area (Å²) >= 11 is 5.71. The third-order valence-electron chi connectivity index (χ3n) is 3.52. The molecule has 0 aromatic heterocycles. The largest absolute Gasteiger partial charge is 0.289 e. The maximum absolute atomic E-state index is 12.6. The van der Waals surface area contributed by atoms with E-state index in [0.717, 1.165) is 25.3 Å². The first-order valence-electron chi connectivity index (χ1n) is 6.33. The number of hydrogen-bond donors (Lipinski definition) is 0. The summed E-state index contributed by atoms with van der Waals surface area (Å²) in [6, 6.07) is 3.57. The van der Waals surface area contributed by atoms with E-state index < -0.39 is 14.9 Å². The van der Waals surface area contributed by atoms with Crippen molar-refractivity contribution in [1.82, 2.24) is 4.31 Å². The van der Waals surface area contributed by atoms with Gasteiger partial charge < -0.3 is 0 Å². The van der Waals surface area contributed by atoms with Crippen LogP contribution in [0.25, 0.3) is 0 Å². The predicted molar refractivity (Wildman–Crippen MR) is 75.3 cm³/mol. The Kier molecular flexibility index (Phi) is 4.31. The number of halogens is 1. The molecule has 1 atom stereocenters. The minimum Gasteiger partial charge on any atom is -0.258 e. The Balaban J connectivity index is 2.44. The molecule has 0 N–H and O–H groups in total. The first-order valence-corrected chi connectivity index (χ1v) is 8.15. The normalized spacial score (nSPS) is 20.2. The highest BCUT2D eigenvalue weighted by Gasteiger charge is 2.35. The highest BCUT2D eigenvalue weighted by atomic mass is 35.5. The topological polar surface area (TPSA) is 80.5 Å². The standard InChI is InChI=1S/C12H15ClN2O4S/c1-2-9-4-3-7-14(9)20(18,19)10-5-6-11(13)12(8-10)15(16)17/h5-6,8-9H,2-4,7H2,1H3. The van der Waals surface area contributed by atoms with Gasteiger partial charge in [-0.1, -0.05) is 18.5 Å². The number of nitro benzene ring substituents is 1. The van der Waals surface area contributed by atoms with Crippen molar-refractivity contribution in [2.75, 3.05) is 6.54 Å². The minimum absolute atomic E-state index is 0.0327. The highest BCUT2D eigenvalue weighted by molar-refractivity contribution is 7.89. The van der Waals surface area contributed by atoms with Crippen LogP contribution in [0.1, 0.15) is 26.2 Å². The molecule has 1 aromatic rings. The lowest BCUT2D eigenvalue weighted by Crippen LogP contribution is -2.35. The number of nitro groups is 1. The first-order chi connectivity index (χ1) is 9.37.